The molecular formula is C18H38O2S2. The van der Waals surface area contributed by atoms with Crippen molar-refractivity contribution in [3.05, 3.63) is 0 Å². The lowest BCUT2D eigenvalue weighted by molar-refractivity contribution is 0.322. The van der Waals surface area contributed by atoms with E-state index in [4.69, 9.17) is 10.2 Å². The van der Waals surface area contributed by atoms with E-state index < -0.39 is 0 Å². The summed E-state index contributed by atoms with van der Waals surface area (Å²) in [6.45, 7) is 0.653. The van der Waals surface area contributed by atoms with Gasteiger partial charge in [-0.3, -0.25) is 0 Å². The Morgan fingerprint density at radius 1 is 0.364 bits per heavy atom. The van der Waals surface area contributed by atoms with Crippen LogP contribution in [0.3, 0.4) is 0 Å². The smallest absolute Gasteiger partial charge is 0.0521 e. The second kappa shape index (κ2) is 21.6. The van der Waals surface area contributed by atoms with Crippen LogP contribution in [0.5, 0.6) is 0 Å². The minimum Gasteiger partial charge on any atom is -0.396 e. The average molecular weight is 351 g/mol. The third kappa shape index (κ3) is 20.6. The fraction of sp³-hybridized carbons (Fsp3) is 1.00. The molecule has 22 heavy (non-hydrogen) atoms. The molecule has 0 spiro atoms. The van der Waals surface area contributed by atoms with E-state index in [2.05, 4.69) is 0 Å². The number of aliphatic hydroxyl groups excluding tert-OH is 2. The Morgan fingerprint density at radius 2 is 0.636 bits per heavy atom. The Balaban J connectivity index is 2.91. The van der Waals surface area contributed by atoms with E-state index in [0.717, 1.165) is 11.5 Å². The monoisotopic (exact) mass is 350 g/mol. The van der Waals surface area contributed by atoms with E-state index in [9.17, 15) is 0 Å². The lowest BCUT2D eigenvalue weighted by Crippen LogP contribution is -1.89. The third-order valence-corrected chi connectivity index (χ3v) is 5.90. The van der Waals surface area contributed by atoms with Gasteiger partial charge in [-0.25, -0.2) is 0 Å². The Morgan fingerprint density at radius 3 is 0.909 bits per heavy atom. The minimum absolute atomic E-state index is 0.327. The van der Waals surface area contributed by atoms with Crippen LogP contribution in [-0.2, 0) is 0 Å². The summed E-state index contributed by atoms with van der Waals surface area (Å²) >= 11 is 3.75. The van der Waals surface area contributed by atoms with Crippen LogP contribution in [0.1, 0.15) is 77.0 Å². The van der Waals surface area contributed by atoms with Crippen molar-refractivity contribution in [2.45, 2.75) is 77.0 Å². The first-order chi connectivity index (χ1) is 10.9. The summed E-state index contributed by atoms with van der Waals surface area (Å²) in [6, 6.07) is 0. The zero-order valence-corrected chi connectivity index (χ0v) is 16.1. The Hall–Kier alpha value is 0.620. The third-order valence-electron chi connectivity index (χ3n) is 3.80. The number of rotatable bonds is 19. The van der Waals surface area contributed by atoms with Gasteiger partial charge in [-0.15, -0.1) is 0 Å². The molecule has 0 amide bonds. The van der Waals surface area contributed by atoms with Crippen molar-refractivity contribution in [1.82, 2.24) is 0 Å². The van der Waals surface area contributed by atoms with Gasteiger partial charge in [0.2, 0.25) is 0 Å². The van der Waals surface area contributed by atoms with Crippen LogP contribution in [0.2, 0.25) is 0 Å². The highest BCUT2D eigenvalue weighted by atomic mass is 32.2. The van der Waals surface area contributed by atoms with Gasteiger partial charge in [-0.05, 0) is 24.3 Å². The maximum Gasteiger partial charge on any atom is 0.0521 e. The topological polar surface area (TPSA) is 40.5 Å². The van der Waals surface area contributed by atoms with Gasteiger partial charge in [0.1, 0.15) is 0 Å². The molecule has 0 saturated carbocycles. The molecule has 4 heteroatoms. The van der Waals surface area contributed by atoms with Gasteiger partial charge in [-0.1, -0.05) is 64.2 Å². The zero-order chi connectivity index (χ0) is 16.1. The molecule has 0 unspecified atom stereocenters. The van der Waals surface area contributed by atoms with Crippen LogP contribution in [0.15, 0.2) is 0 Å². The van der Waals surface area contributed by atoms with Crippen molar-refractivity contribution in [2.24, 2.45) is 0 Å². The zero-order valence-electron chi connectivity index (χ0n) is 14.4. The summed E-state index contributed by atoms with van der Waals surface area (Å²) in [5, 5.41) is 17.3. The lowest BCUT2D eigenvalue weighted by Gasteiger charge is -2.03. The molecule has 0 atom stereocenters. The molecule has 0 radical (unpaired) electrons. The van der Waals surface area contributed by atoms with Gasteiger partial charge in [0.25, 0.3) is 0 Å². The fourth-order valence-corrected chi connectivity index (χ4v) is 3.99. The van der Waals surface area contributed by atoms with E-state index in [1.165, 1.54) is 88.6 Å². The molecular weight excluding hydrogens is 312 g/mol. The summed E-state index contributed by atoms with van der Waals surface area (Å²) in [5.41, 5.74) is 0. The molecule has 0 aliphatic rings. The van der Waals surface area contributed by atoms with Crippen LogP contribution in [-0.4, -0.2) is 46.4 Å². The summed E-state index contributed by atoms with van der Waals surface area (Å²) in [6.07, 6.45) is 16.7. The summed E-state index contributed by atoms with van der Waals surface area (Å²) in [5.74, 6) is 4.25. The van der Waals surface area contributed by atoms with E-state index in [1.807, 2.05) is 23.5 Å². The van der Waals surface area contributed by atoms with Crippen LogP contribution >= 0.6 is 23.5 Å². The SMILES string of the molecule is OCCSCCCCCCCCCCCCCCSCCO. The Labute approximate surface area is 147 Å². The van der Waals surface area contributed by atoms with E-state index in [-0.39, 0.29) is 0 Å². The summed E-state index contributed by atoms with van der Waals surface area (Å²) in [7, 11) is 0. The first kappa shape index (κ1) is 22.6. The van der Waals surface area contributed by atoms with E-state index >= 15 is 0 Å². The predicted octanol–water partition coefficient (Wildman–Crippen LogP) is 5.12. The number of thioether (sulfide) groups is 2. The van der Waals surface area contributed by atoms with Crippen molar-refractivity contribution in [2.75, 3.05) is 36.2 Å². The van der Waals surface area contributed by atoms with Gasteiger partial charge in [0.15, 0.2) is 0 Å². The number of aliphatic hydroxyl groups is 2. The molecule has 0 aromatic rings. The molecule has 0 saturated heterocycles. The molecule has 2 N–H and O–H groups in total. The molecule has 0 bridgehead atoms. The summed E-state index contributed by atoms with van der Waals surface area (Å²) < 4.78 is 0. The molecule has 0 aromatic heterocycles. The van der Waals surface area contributed by atoms with Gasteiger partial charge in [-0.2, -0.15) is 23.5 Å². The van der Waals surface area contributed by atoms with Crippen LogP contribution < -0.4 is 0 Å². The maximum absolute atomic E-state index is 8.67. The first-order valence-electron chi connectivity index (χ1n) is 9.29. The van der Waals surface area contributed by atoms with Gasteiger partial charge in [0, 0.05) is 11.5 Å². The molecule has 0 fully saturated rings. The maximum atomic E-state index is 8.67. The first-order valence-corrected chi connectivity index (χ1v) is 11.6. The van der Waals surface area contributed by atoms with Crippen molar-refractivity contribution in [3.63, 3.8) is 0 Å². The van der Waals surface area contributed by atoms with Crippen molar-refractivity contribution >= 4 is 23.5 Å². The predicted molar refractivity (Wildman–Crippen MR) is 104 cm³/mol. The number of unbranched alkanes of at least 4 members (excludes halogenated alkanes) is 11. The minimum atomic E-state index is 0.327. The molecule has 2 nitrogen and oxygen atoms in total. The molecule has 0 aliphatic heterocycles. The van der Waals surface area contributed by atoms with Gasteiger partial charge < -0.3 is 10.2 Å². The van der Waals surface area contributed by atoms with E-state index in [1.54, 1.807) is 0 Å². The highest BCUT2D eigenvalue weighted by molar-refractivity contribution is 7.99. The van der Waals surface area contributed by atoms with Crippen LogP contribution in [0, 0.1) is 0 Å². The van der Waals surface area contributed by atoms with Crippen LogP contribution in [0.4, 0.5) is 0 Å². The quantitative estimate of drug-likeness (QED) is 0.317. The molecule has 134 valence electrons. The largest absolute Gasteiger partial charge is 0.396 e. The van der Waals surface area contributed by atoms with Crippen molar-refractivity contribution < 1.29 is 10.2 Å². The van der Waals surface area contributed by atoms with Gasteiger partial charge in [0.05, 0.1) is 13.2 Å². The standard InChI is InChI=1S/C18H38O2S2/c19-13-17-21-15-11-9-7-5-3-1-2-4-6-8-10-12-16-22-18-14-20/h19-20H,1-18H2. The molecule has 0 aromatic carbocycles. The van der Waals surface area contributed by atoms with Crippen LogP contribution in [0.25, 0.3) is 0 Å². The molecule has 0 rings (SSSR count). The fourth-order valence-electron chi connectivity index (χ4n) is 2.51. The van der Waals surface area contributed by atoms with E-state index in [0.29, 0.717) is 13.2 Å². The highest BCUT2D eigenvalue weighted by Crippen LogP contribution is 2.14. The molecule has 0 aliphatic carbocycles. The lowest BCUT2D eigenvalue weighted by atomic mass is 10.1. The Kier molecular flexibility index (Phi) is 22.2. The average Bonchev–Trinajstić information content (AvgIpc) is 2.54. The highest BCUT2D eigenvalue weighted by Gasteiger charge is 1.95. The second-order valence-corrected chi connectivity index (χ2v) is 8.36. The van der Waals surface area contributed by atoms with Crippen molar-refractivity contribution in [1.29, 1.82) is 0 Å². The molecule has 0 heterocycles. The van der Waals surface area contributed by atoms with Gasteiger partial charge >= 0.3 is 0 Å². The Bertz CT molecular complexity index is 172. The number of hydrogen-bond donors (Lipinski definition) is 2. The summed E-state index contributed by atoms with van der Waals surface area (Å²) in [4.78, 5) is 0. The normalized spacial score (nSPS) is 11.2. The second-order valence-electron chi connectivity index (χ2n) is 5.91. The number of hydrogen-bond acceptors (Lipinski definition) is 4. The van der Waals surface area contributed by atoms with Crippen molar-refractivity contribution in [3.8, 4) is 0 Å².